The van der Waals surface area contributed by atoms with Crippen LogP contribution in [-0.4, -0.2) is 19.5 Å². The second-order valence-corrected chi connectivity index (χ2v) is 3.89. The first kappa shape index (κ1) is 12.0. The molecule has 0 saturated heterocycles. The van der Waals surface area contributed by atoms with Crippen molar-refractivity contribution in [1.82, 2.24) is 0 Å². The Morgan fingerprint density at radius 2 is 1.79 bits per heavy atom. The van der Waals surface area contributed by atoms with Gasteiger partial charge in [0.2, 0.25) is 0 Å². The second-order valence-electron chi connectivity index (χ2n) is 3.03. The molecule has 0 saturated carbocycles. The predicted octanol–water partition coefficient (Wildman–Crippen LogP) is 3.38. The van der Waals surface area contributed by atoms with Gasteiger partial charge >= 0.3 is 0 Å². The molecule has 0 amide bonds. The van der Waals surface area contributed by atoms with Crippen molar-refractivity contribution in [3.63, 3.8) is 0 Å². The highest BCUT2D eigenvalue weighted by Crippen LogP contribution is 2.28. The van der Waals surface area contributed by atoms with E-state index in [9.17, 15) is 0 Å². The fourth-order valence-corrected chi connectivity index (χ4v) is 1.98. The topological polar surface area (TPSA) is 18.5 Å². The van der Waals surface area contributed by atoms with Crippen LogP contribution in [0.1, 0.15) is 26.7 Å². The standard InChI is InChI=1S/C11H17BrO2/c1-3-13-11(14-4-2)9-7-5-6-8-10(9)12/h7-8,11H,3-6H2,1-2H3. The zero-order chi connectivity index (χ0) is 10.4. The van der Waals surface area contributed by atoms with Crippen molar-refractivity contribution in [3.8, 4) is 0 Å². The predicted molar refractivity (Wildman–Crippen MR) is 61.4 cm³/mol. The zero-order valence-corrected chi connectivity index (χ0v) is 10.3. The molecule has 0 aromatic carbocycles. The fraction of sp³-hybridized carbons (Fsp3) is 0.636. The number of hydrogen-bond donors (Lipinski definition) is 0. The third-order valence-corrected chi connectivity index (χ3v) is 2.80. The van der Waals surface area contributed by atoms with Gasteiger partial charge in [-0.1, -0.05) is 28.1 Å². The molecule has 0 radical (unpaired) electrons. The van der Waals surface area contributed by atoms with Crippen molar-refractivity contribution in [2.45, 2.75) is 33.0 Å². The molecule has 0 fully saturated rings. The summed E-state index contributed by atoms with van der Waals surface area (Å²) in [6.07, 6.45) is 6.30. The minimum absolute atomic E-state index is 0.212. The van der Waals surface area contributed by atoms with Crippen LogP contribution in [0.3, 0.4) is 0 Å². The van der Waals surface area contributed by atoms with Gasteiger partial charge in [0.1, 0.15) is 0 Å². The SMILES string of the molecule is CCOC(OCC)C1=CCCC=C1Br. The molecule has 0 aromatic rings. The monoisotopic (exact) mass is 260 g/mol. The summed E-state index contributed by atoms with van der Waals surface area (Å²) in [6, 6.07) is 0. The van der Waals surface area contributed by atoms with E-state index in [2.05, 4.69) is 28.1 Å². The first-order valence-electron chi connectivity index (χ1n) is 5.08. The summed E-state index contributed by atoms with van der Waals surface area (Å²) in [5.41, 5.74) is 1.12. The van der Waals surface area contributed by atoms with Crippen molar-refractivity contribution in [3.05, 3.63) is 22.2 Å². The fourth-order valence-electron chi connectivity index (χ4n) is 1.40. The number of halogens is 1. The van der Waals surface area contributed by atoms with E-state index in [-0.39, 0.29) is 6.29 Å². The van der Waals surface area contributed by atoms with E-state index in [0.717, 1.165) is 22.9 Å². The first-order chi connectivity index (χ1) is 6.79. The molecule has 0 atom stereocenters. The van der Waals surface area contributed by atoms with Gasteiger partial charge in [0.15, 0.2) is 6.29 Å². The van der Waals surface area contributed by atoms with Crippen LogP contribution < -0.4 is 0 Å². The Morgan fingerprint density at radius 1 is 1.21 bits per heavy atom. The molecule has 0 spiro atoms. The lowest BCUT2D eigenvalue weighted by molar-refractivity contribution is -0.109. The normalized spacial score (nSPS) is 16.9. The molecule has 80 valence electrons. The average molecular weight is 261 g/mol. The Kier molecular flexibility index (Phi) is 5.45. The van der Waals surface area contributed by atoms with E-state index < -0.39 is 0 Å². The van der Waals surface area contributed by atoms with Gasteiger partial charge in [0.25, 0.3) is 0 Å². The summed E-state index contributed by atoms with van der Waals surface area (Å²) >= 11 is 3.53. The Bertz CT molecular complexity index is 227. The van der Waals surface area contributed by atoms with Crippen LogP contribution in [-0.2, 0) is 9.47 Å². The maximum atomic E-state index is 5.53. The third kappa shape index (κ3) is 3.23. The maximum Gasteiger partial charge on any atom is 0.184 e. The maximum absolute atomic E-state index is 5.53. The zero-order valence-electron chi connectivity index (χ0n) is 8.75. The van der Waals surface area contributed by atoms with E-state index in [1.807, 2.05) is 13.8 Å². The first-order valence-corrected chi connectivity index (χ1v) is 5.88. The van der Waals surface area contributed by atoms with Gasteiger partial charge in [0.05, 0.1) is 0 Å². The Morgan fingerprint density at radius 3 is 2.29 bits per heavy atom. The number of hydrogen-bond acceptors (Lipinski definition) is 2. The van der Waals surface area contributed by atoms with Crippen LogP contribution in [0.15, 0.2) is 22.2 Å². The molecular weight excluding hydrogens is 244 g/mol. The lowest BCUT2D eigenvalue weighted by Gasteiger charge is -2.22. The van der Waals surface area contributed by atoms with E-state index in [1.54, 1.807) is 0 Å². The number of ether oxygens (including phenoxy) is 2. The van der Waals surface area contributed by atoms with Crippen molar-refractivity contribution < 1.29 is 9.47 Å². The molecule has 0 heterocycles. The summed E-state index contributed by atoms with van der Waals surface area (Å²) in [4.78, 5) is 0. The molecule has 1 rings (SSSR count). The number of allylic oxidation sites excluding steroid dienone is 2. The summed E-state index contributed by atoms with van der Waals surface area (Å²) in [7, 11) is 0. The van der Waals surface area contributed by atoms with Gasteiger partial charge < -0.3 is 9.47 Å². The van der Waals surface area contributed by atoms with Crippen LogP contribution in [0, 0.1) is 0 Å². The van der Waals surface area contributed by atoms with E-state index in [4.69, 9.17) is 9.47 Å². The van der Waals surface area contributed by atoms with Crippen LogP contribution in [0.4, 0.5) is 0 Å². The summed E-state index contributed by atoms with van der Waals surface area (Å²) in [5.74, 6) is 0. The molecule has 14 heavy (non-hydrogen) atoms. The van der Waals surface area contributed by atoms with Gasteiger partial charge in [-0.15, -0.1) is 0 Å². The van der Waals surface area contributed by atoms with E-state index in [1.165, 1.54) is 0 Å². The van der Waals surface area contributed by atoms with Gasteiger partial charge in [-0.3, -0.25) is 0 Å². The minimum Gasteiger partial charge on any atom is -0.349 e. The highest BCUT2D eigenvalue weighted by molar-refractivity contribution is 9.12. The largest absolute Gasteiger partial charge is 0.349 e. The van der Waals surface area contributed by atoms with Crippen LogP contribution in [0.2, 0.25) is 0 Å². The number of rotatable bonds is 5. The van der Waals surface area contributed by atoms with Crippen LogP contribution in [0.5, 0.6) is 0 Å². The molecule has 2 nitrogen and oxygen atoms in total. The van der Waals surface area contributed by atoms with E-state index in [0.29, 0.717) is 13.2 Å². The lowest BCUT2D eigenvalue weighted by Crippen LogP contribution is -2.21. The van der Waals surface area contributed by atoms with Gasteiger partial charge in [-0.25, -0.2) is 0 Å². The van der Waals surface area contributed by atoms with E-state index >= 15 is 0 Å². The molecule has 0 aliphatic heterocycles. The molecule has 0 unspecified atom stereocenters. The van der Waals surface area contributed by atoms with Crippen molar-refractivity contribution in [1.29, 1.82) is 0 Å². The molecule has 0 aromatic heterocycles. The molecule has 0 N–H and O–H groups in total. The summed E-state index contributed by atoms with van der Waals surface area (Å²) in [6.45, 7) is 5.30. The van der Waals surface area contributed by atoms with Crippen LogP contribution in [0.25, 0.3) is 0 Å². The summed E-state index contributed by atoms with van der Waals surface area (Å²) < 4.78 is 12.2. The minimum atomic E-state index is -0.212. The molecule has 0 bridgehead atoms. The quantitative estimate of drug-likeness (QED) is 0.706. The Labute approximate surface area is 94.1 Å². The van der Waals surface area contributed by atoms with Gasteiger partial charge in [-0.05, 0) is 26.7 Å². The summed E-state index contributed by atoms with van der Waals surface area (Å²) in [5, 5.41) is 0. The van der Waals surface area contributed by atoms with Crippen molar-refractivity contribution in [2.75, 3.05) is 13.2 Å². The Hall–Kier alpha value is -0.120. The lowest BCUT2D eigenvalue weighted by atomic mass is 10.1. The van der Waals surface area contributed by atoms with Gasteiger partial charge in [-0.2, -0.15) is 0 Å². The molecular formula is C11H17BrO2. The van der Waals surface area contributed by atoms with Gasteiger partial charge in [0, 0.05) is 23.3 Å². The third-order valence-electron chi connectivity index (χ3n) is 2.02. The molecule has 1 aliphatic rings. The smallest absolute Gasteiger partial charge is 0.184 e. The Balaban J connectivity index is 2.66. The highest BCUT2D eigenvalue weighted by atomic mass is 79.9. The molecule has 3 heteroatoms. The van der Waals surface area contributed by atoms with Crippen molar-refractivity contribution in [2.24, 2.45) is 0 Å². The highest BCUT2D eigenvalue weighted by Gasteiger charge is 2.18. The van der Waals surface area contributed by atoms with Crippen LogP contribution >= 0.6 is 15.9 Å². The average Bonchev–Trinajstić information content (AvgIpc) is 2.18. The van der Waals surface area contributed by atoms with Crippen molar-refractivity contribution >= 4 is 15.9 Å². The second kappa shape index (κ2) is 6.38. The molecule has 1 aliphatic carbocycles.